The SMILES string of the molecule is COCC(c1ccc(NC(=O)C2CCC(C)O2)cn1)N1CCC1. The van der Waals surface area contributed by atoms with Gasteiger partial charge < -0.3 is 14.8 Å². The van der Waals surface area contributed by atoms with E-state index in [0.717, 1.165) is 31.6 Å². The number of pyridine rings is 1. The van der Waals surface area contributed by atoms with Crippen LogP contribution in [-0.4, -0.2) is 54.8 Å². The third-order valence-electron chi connectivity index (χ3n) is 4.58. The average Bonchev–Trinajstić information content (AvgIpc) is 2.93. The van der Waals surface area contributed by atoms with Gasteiger partial charge in [-0.25, -0.2) is 0 Å². The van der Waals surface area contributed by atoms with Gasteiger partial charge in [-0.1, -0.05) is 0 Å². The normalized spacial score (nSPS) is 25.8. The highest BCUT2D eigenvalue weighted by Gasteiger charge is 2.29. The van der Waals surface area contributed by atoms with E-state index in [4.69, 9.17) is 9.47 Å². The van der Waals surface area contributed by atoms with Crippen LogP contribution in [-0.2, 0) is 14.3 Å². The Morgan fingerprint density at radius 3 is 2.83 bits per heavy atom. The second-order valence-electron chi connectivity index (χ2n) is 6.33. The van der Waals surface area contributed by atoms with E-state index in [2.05, 4.69) is 15.2 Å². The Kier molecular flexibility index (Phi) is 5.25. The van der Waals surface area contributed by atoms with Crippen molar-refractivity contribution in [2.75, 3.05) is 32.1 Å². The third-order valence-corrected chi connectivity index (χ3v) is 4.58. The van der Waals surface area contributed by atoms with Gasteiger partial charge in [-0.3, -0.25) is 14.7 Å². The minimum Gasteiger partial charge on any atom is -0.383 e. The monoisotopic (exact) mass is 319 g/mol. The van der Waals surface area contributed by atoms with E-state index in [0.29, 0.717) is 12.3 Å². The molecule has 126 valence electrons. The van der Waals surface area contributed by atoms with Gasteiger partial charge in [0.05, 0.1) is 36.3 Å². The van der Waals surface area contributed by atoms with E-state index >= 15 is 0 Å². The lowest BCUT2D eigenvalue weighted by Crippen LogP contribution is -2.42. The van der Waals surface area contributed by atoms with Gasteiger partial charge in [0, 0.05) is 20.2 Å². The second kappa shape index (κ2) is 7.38. The van der Waals surface area contributed by atoms with Crippen LogP contribution in [0.15, 0.2) is 18.3 Å². The first kappa shape index (κ1) is 16.4. The van der Waals surface area contributed by atoms with Crippen LogP contribution in [0, 0.1) is 0 Å². The standard InChI is InChI=1S/C17H25N3O3/c1-12-4-7-16(23-12)17(21)19-13-5-6-14(18-10-13)15(11-22-2)20-8-3-9-20/h5-6,10,12,15-16H,3-4,7-9,11H2,1-2H3,(H,19,21). The van der Waals surface area contributed by atoms with Crippen LogP contribution in [0.3, 0.4) is 0 Å². The molecule has 0 aromatic carbocycles. The van der Waals surface area contributed by atoms with Crippen molar-refractivity contribution < 1.29 is 14.3 Å². The summed E-state index contributed by atoms with van der Waals surface area (Å²) in [6.45, 7) is 4.80. The molecule has 2 fully saturated rings. The summed E-state index contributed by atoms with van der Waals surface area (Å²) in [6, 6.07) is 4.06. The molecule has 3 atom stereocenters. The first-order chi connectivity index (χ1) is 11.2. The fourth-order valence-electron chi connectivity index (χ4n) is 3.08. The van der Waals surface area contributed by atoms with Crippen molar-refractivity contribution in [2.24, 2.45) is 0 Å². The smallest absolute Gasteiger partial charge is 0.253 e. The van der Waals surface area contributed by atoms with Gasteiger partial charge in [-0.05, 0) is 38.3 Å². The van der Waals surface area contributed by atoms with Gasteiger partial charge in [0.1, 0.15) is 6.10 Å². The molecule has 6 heteroatoms. The maximum absolute atomic E-state index is 12.2. The molecule has 0 aliphatic carbocycles. The number of nitrogens with one attached hydrogen (secondary N) is 1. The number of carbonyl (C=O) groups excluding carboxylic acids is 1. The Labute approximate surface area is 137 Å². The summed E-state index contributed by atoms with van der Waals surface area (Å²) < 4.78 is 10.9. The van der Waals surface area contributed by atoms with Crippen molar-refractivity contribution in [1.29, 1.82) is 0 Å². The van der Waals surface area contributed by atoms with Crippen LogP contribution in [0.1, 0.15) is 37.9 Å². The number of hydrogen-bond donors (Lipinski definition) is 1. The lowest BCUT2D eigenvalue weighted by molar-refractivity contribution is -0.126. The van der Waals surface area contributed by atoms with Crippen molar-refractivity contribution >= 4 is 11.6 Å². The summed E-state index contributed by atoms with van der Waals surface area (Å²) >= 11 is 0. The van der Waals surface area contributed by atoms with Crippen molar-refractivity contribution in [3.63, 3.8) is 0 Å². The minimum absolute atomic E-state index is 0.0833. The average molecular weight is 319 g/mol. The summed E-state index contributed by atoms with van der Waals surface area (Å²) in [5.74, 6) is -0.0833. The summed E-state index contributed by atoms with van der Waals surface area (Å²) in [5, 5.41) is 2.89. The summed E-state index contributed by atoms with van der Waals surface area (Å²) in [7, 11) is 1.71. The Hall–Kier alpha value is -1.50. The largest absolute Gasteiger partial charge is 0.383 e. The Morgan fingerprint density at radius 1 is 1.48 bits per heavy atom. The van der Waals surface area contributed by atoms with Gasteiger partial charge in [0.15, 0.2) is 0 Å². The van der Waals surface area contributed by atoms with Gasteiger partial charge in [0.25, 0.3) is 5.91 Å². The first-order valence-corrected chi connectivity index (χ1v) is 8.32. The van der Waals surface area contributed by atoms with E-state index < -0.39 is 0 Å². The van der Waals surface area contributed by atoms with Crippen molar-refractivity contribution in [3.05, 3.63) is 24.0 Å². The zero-order valence-electron chi connectivity index (χ0n) is 13.8. The molecule has 3 heterocycles. The maximum Gasteiger partial charge on any atom is 0.253 e. The van der Waals surface area contributed by atoms with Crippen molar-refractivity contribution in [2.45, 2.75) is 44.4 Å². The molecule has 1 aromatic heterocycles. The molecule has 3 rings (SSSR count). The fraction of sp³-hybridized carbons (Fsp3) is 0.647. The molecular weight excluding hydrogens is 294 g/mol. The molecular formula is C17H25N3O3. The minimum atomic E-state index is -0.341. The molecule has 0 bridgehead atoms. The number of carbonyl (C=O) groups is 1. The van der Waals surface area contributed by atoms with Gasteiger partial charge in [-0.2, -0.15) is 0 Å². The number of ether oxygens (including phenoxy) is 2. The first-order valence-electron chi connectivity index (χ1n) is 8.32. The number of likely N-dealkylation sites (tertiary alicyclic amines) is 1. The second-order valence-corrected chi connectivity index (χ2v) is 6.33. The Balaban J connectivity index is 1.60. The number of hydrogen-bond acceptors (Lipinski definition) is 5. The van der Waals surface area contributed by atoms with E-state index in [1.54, 1.807) is 13.3 Å². The van der Waals surface area contributed by atoms with Gasteiger partial charge >= 0.3 is 0 Å². The topological polar surface area (TPSA) is 63.7 Å². The molecule has 6 nitrogen and oxygen atoms in total. The van der Waals surface area contributed by atoms with Crippen LogP contribution in [0.5, 0.6) is 0 Å². The molecule has 2 aliphatic rings. The van der Waals surface area contributed by atoms with Gasteiger partial charge in [0.2, 0.25) is 0 Å². The van der Waals surface area contributed by atoms with Crippen LogP contribution in [0.2, 0.25) is 0 Å². The van der Waals surface area contributed by atoms with Crippen LogP contribution < -0.4 is 5.32 Å². The molecule has 1 N–H and O–H groups in total. The fourth-order valence-corrected chi connectivity index (χ4v) is 3.08. The van der Waals surface area contributed by atoms with Crippen LogP contribution >= 0.6 is 0 Å². The lowest BCUT2D eigenvalue weighted by atomic mass is 10.1. The predicted octanol–water partition coefficient (Wildman–Crippen LogP) is 1.98. The van der Waals surface area contributed by atoms with Crippen molar-refractivity contribution in [1.82, 2.24) is 9.88 Å². The Morgan fingerprint density at radius 2 is 2.30 bits per heavy atom. The molecule has 0 spiro atoms. The highest BCUT2D eigenvalue weighted by atomic mass is 16.5. The number of anilines is 1. The molecule has 1 amide bonds. The maximum atomic E-state index is 12.2. The Bertz CT molecular complexity index is 530. The van der Waals surface area contributed by atoms with Crippen molar-refractivity contribution in [3.8, 4) is 0 Å². The molecule has 23 heavy (non-hydrogen) atoms. The quantitative estimate of drug-likeness (QED) is 0.868. The summed E-state index contributed by atoms with van der Waals surface area (Å²) in [5.41, 5.74) is 1.69. The highest BCUT2D eigenvalue weighted by Crippen LogP contribution is 2.25. The number of methoxy groups -OCH3 is 1. The zero-order chi connectivity index (χ0) is 16.2. The zero-order valence-corrected chi connectivity index (χ0v) is 13.8. The number of rotatable bonds is 6. The summed E-state index contributed by atoms with van der Waals surface area (Å²) in [6.07, 6.45) is 4.49. The summed E-state index contributed by atoms with van der Waals surface area (Å²) in [4.78, 5) is 19.0. The number of aromatic nitrogens is 1. The third kappa shape index (κ3) is 3.88. The molecule has 1 aromatic rings. The lowest BCUT2D eigenvalue weighted by Gasteiger charge is -2.37. The number of amides is 1. The molecule has 2 saturated heterocycles. The van der Waals surface area contributed by atoms with E-state index in [1.807, 2.05) is 19.1 Å². The van der Waals surface area contributed by atoms with Gasteiger partial charge in [-0.15, -0.1) is 0 Å². The van der Waals surface area contributed by atoms with Crippen LogP contribution in [0.4, 0.5) is 5.69 Å². The van der Waals surface area contributed by atoms with E-state index in [1.165, 1.54) is 6.42 Å². The molecule has 0 saturated carbocycles. The molecule has 3 unspecified atom stereocenters. The number of nitrogens with zero attached hydrogens (tertiary/aromatic N) is 2. The highest BCUT2D eigenvalue weighted by molar-refractivity contribution is 5.94. The van der Waals surface area contributed by atoms with E-state index in [-0.39, 0.29) is 24.2 Å². The van der Waals surface area contributed by atoms with E-state index in [9.17, 15) is 4.79 Å². The predicted molar refractivity (Wildman–Crippen MR) is 87.2 cm³/mol. The molecule has 2 aliphatic heterocycles. The van der Waals surface area contributed by atoms with Crippen LogP contribution in [0.25, 0.3) is 0 Å². The molecule has 0 radical (unpaired) electrons.